The lowest BCUT2D eigenvalue weighted by Gasteiger charge is -2.37. The number of aliphatic hydroxyl groups is 1. The van der Waals surface area contributed by atoms with E-state index in [1.54, 1.807) is 0 Å². The van der Waals surface area contributed by atoms with Crippen molar-refractivity contribution in [3.8, 4) is 5.75 Å². The first-order valence-corrected chi connectivity index (χ1v) is 10.9. The predicted octanol–water partition coefficient (Wildman–Crippen LogP) is 4.64. The third-order valence-corrected chi connectivity index (χ3v) is 5.89. The van der Waals surface area contributed by atoms with Gasteiger partial charge in [-0.2, -0.15) is 0 Å². The number of benzene rings is 2. The first-order chi connectivity index (χ1) is 13.8. The summed E-state index contributed by atoms with van der Waals surface area (Å²) >= 11 is 6.17. The van der Waals surface area contributed by atoms with Crippen LogP contribution in [-0.4, -0.2) is 55.4 Å². The van der Waals surface area contributed by atoms with E-state index in [9.17, 15) is 5.11 Å². The predicted molar refractivity (Wildman–Crippen MR) is 122 cm³/mol. The minimum atomic E-state index is -0.500. The molecule has 1 aliphatic rings. The van der Waals surface area contributed by atoms with Crippen molar-refractivity contribution < 1.29 is 9.84 Å². The van der Waals surface area contributed by atoms with Crippen LogP contribution < -0.4 is 9.64 Å². The van der Waals surface area contributed by atoms with Crippen molar-refractivity contribution in [2.24, 2.45) is 0 Å². The van der Waals surface area contributed by atoms with Crippen LogP contribution in [0.1, 0.15) is 36.5 Å². The highest BCUT2D eigenvalue weighted by atomic mass is 35.5. The highest BCUT2D eigenvalue weighted by Crippen LogP contribution is 2.26. The summed E-state index contributed by atoms with van der Waals surface area (Å²) in [5.74, 6) is 1.33. The second kappa shape index (κ2) is 9.84. The largest absolute Gasteiger partial charge is 0.491 e. The number of ether oxygens (including phenoxy) is 1. The highest BCUT2D eigenvalue weighted by Gasteiger charge is 2.21. The number of piperazine rings is 1. The van der Waals surface area contributed by atoms with Gasteiger partial charge in [0.1, 0.15) is 18.5 Å². The van der Waals surface area contributed by atoms with E-state index in [0.29, 0.717) is 19.1 Å². The second-order valence-corrected chi connectivity index (χ2v) is 8.79. The summed E-state index contributed by atoms with van der Waals surface area (Å²) in [6, 6.07) is 12.2. The van der Waals surface area contributed by atoms with Crippen molar-refractivity contribution in [1.29, 1.82) is 0 Å². The first-order valence-electron chi connectivity index (χ1n) is 10.5. The molecule has 1 N–H and O–H groups in total. The molecule has 4 nitrogen and oxygen atoms in total. The molecule has 0 spiro atoms. The zero-order valence-corrected chi connectivity index (χ0v) is 18.7. The minimum absolute atomic E-state index is 0.314. The van der Waals surface area contributed by atoms with Gasteiger partial charge in [0.25, 0.3) is 0 Å². The van der Waals surface area contributed by atoms with Crippen LogP contribution in [0.25, 0.3) is 0 Å². The van der Waals surface area contributed by atoms with E-state index < -0.39 is 6.10 Å². The lowest BCUT2D eigenvalue weighted by Crippen LogP contribution is -2.49. The van der Waals surface area contributed by atoms with E-state index in [4.69, 9.17) is 16.3 Å². The first kappa shape index (κ1) is 21.9. The fourth-order valence-electron chi connectivity index (χ4n) is 4.02. The second-order valence-electron chi connectivity index (χ2n) is 8.36. The molecule has 0 amide bonds. The molecule has 0 saturated carbocycles. The summed E-state index contributed by atoms with van der Waals surface area (Å²) in [5.41, 5.74) is 5.03. The van der Waals surface area contributed by atoms with Crippen LogP contribution in [0.2, 0.25) is 5.02 Å². The average molecular weight is 417 g/mol. The lowest BCUT2D eigenvalue weighted by atomic mass is 9.98. The fraction of sp³-hybridized carbons (Fsp3) is 0.500. The zero-order chi connectivity index (χ0) is 21.0. The van der Waals surface area contributed by atoms with E-state index in [0.717, 1.165) is 37.0 Å². The summed E-state index contributed by atoms with van der Waals surface area (Å²) in [4.78, 5) is 4.68. The number of hydrogen-bond donors (Lipinski definition) is 1. The maximum atomic E-state index is 10.4. The van der Waals surface area contributed by atoms with Gasteiger partial charge in [-0.25, -0.2) is 0 Å². The average Bonchev–Trinajstić information content (AvgIpc) is 2.69. The van der Waals surface area contributed by atoms with Crippen molar-refractivity contribution in [2.75, 3.05) is 44.2 Å². The summed E-state index contributed by atoms with van der Waals surface area (Å²) in [6.07, 6.45) is -0.500. The summed E-state index contributed by atoms with van der Waals surface area (Å²) in [5, 5.41) is 11.2. The molecule has 29 heavy (non-hydrogen) atoms. The molecule has 0 unspecified atom stereocenters. The fourth-order valence-corrected chi connectivity index (χ4v) is 4.19. The number of anilines is 1. The van der Waals surface area contributed by atoms with Crippen molar-refractivity contribution in [1.82, 2.24) is 4.90 Å². The Morgan fingerprint density at radius 2 is 1.72 bits per heavy atom. The number of nitrogens with zero attached hydrogens (tertiary/aromatic N) is 2. The van der Waals surface area contributed by atoms with Gasteiger partial charge < -0.3 is 14.7 Å². The molecule has 0 aliphatic carbocycles. The molecule has 1 fully saturated rings. The monoisotopic (exact) mass is 416 g/mol. The molecule has 5 heteroatoms. The standard InChI is InChI=1S/C24H33ClN2O2/c1-17(2)23-8-7-22(13-19(23)4)29-16-21(28)15-26-9-11-27(12-10-26)24-14-20(25)6-5-18(24)3/h5-8,13-14,17,21,28H,9-12,15-16H2,1-4H3/t21-/m1/s1. The maximum absolute atomic E-state index is 10.4. The smallest absolute Gasteiger partial charge is 0.119 e. The van der Waals surface area contributed by atoms with Crippen molar-refractivity contribution >= 4 is 17.3 Å². The number of rotatable bonds is 7. The third-order valence-electron chi connectivity index (χ3n) is 5.66. The summed E-state index contributed by atoms with van der Waals surface area (Å²) < 4.78 is 5.84. The van der Waals surface area contributed by atoms with Crippen LogP contribution in [0.3, 0.4) is 0 Å². The van der Waals surface area contributed by atoms with Crippen LogP contribution in [0.4, 0.5) is 5.69 Å². The molecule has 1 aliphatic heterocycles. The Morgan fingerprint density at radius 3 is 2.38 bits per heavy atom. The molecule has 1 saturated heterocycles. The number of hydrogen-bond acceptors (Lipinski definition) is 4. The topological polar surface area (TPSA) is 35.9 Å². The Balaban J connectivity index is 1.46. The normalized spacial score (nSPS) is 16.3. The van der Waals surface area contributed by atoms with Crippen molar-refractivity contribution in [3.05, 3.63) is 58.1 Å². The van der Waals surface area contributed by atoms with Gasteiger partial charge in [0.15, 0.2) is 0 Å². The molecule has 0 radical (unpaired) electrons. The van der Waals surface area contributed by atoms with Gasteiger partial charge in [0, 0.05) is 43.4 Å². The number of β-amino-alcohol motifs (C(OH)–C–C–N with tert-alkyl or cyclic N) is 1. The van der Waals surface area contributed by atoms with Crippen LogP contribution in [0.15, 0.2) is 36.4 Å². The Hall–Kier alpha value is -1.75. The number of aliphatic hydroxyl groups excluding tert-OH is 1. The minimum Gasteiger partial charge on any atom is -0.491 e. The van der Waals surface area contributed by atoms with Crippen molar-refractivity contribution in [3.63, 3.8) is 0 Å². The van der Waals surface area contributed by atoms with E-state index in [-0.39, 0.29) is 0 Å². The Kier molecular flexibility index (Phi) is 7.44. The summed E-state index contributed by atoms with van der Waals surface area (Å²) in [6.45, 7) is 13.3. The van der Waals surface area contributed by atoms with E-state index in [1.807, 2.05) is 18.2 Å². The molecule has 1 heterocycles. The Morgan fingerprint density at radius 1 is 1.00 bits per heavy atom. The van der Waals surface area contributed by atoms with E-state index >= 15 is 0 Å². The van der Waals surface area contributed by atoms with Gasteiger partial charge in [-0.05, 0) is 60.7 Å². The molecular weight excluding hydrogens is 384 g/mol. The van der Waals surface area contributed by atoms with Gasteiger partial charge >= 0.3 is 0 Å². The molecular formula is C24H33ClN2O2. The zero-order valence-electron chi connectivity index (χ0n) is 18.0. The van der Waals surface area contributed by atoms with Gasteiger partial charge in [0.05, 0.1) is 0 Å². The molecule has 1 atom stereocenters. The molecule has 0 aromatic heterocycles. The van der Waals surface area contributed by atoms with Crippen molar-refractivity contribution in [2.45, 2.75) is 39.7 Å². The molecule has 158 valence electrons. The van der Waals surface area contributed by atoms with Crippen LogP contribution >= 0.6 is 11.6 Å². The maximum Gasteiger partial charge on any atom is 0.119 e. The third kappa shape index (κ3) is 5.88. The van der Waals surface area contributed by atoms with Gasteiger partial charge in [-0.15, -0.1) is 0 Å². The van der Waals surface area contributed by atoms with Crippen LogP contribution in [0, 0.1) is 13.8 Å². The SMILES string of the molecule is Cc1cc(OC[C@H](O)CN2CCN(c3cc(Cl)ccc3C)CC2)ccc1C(C)C. The highest BCUT2D eigenvalue weighted by molar-refractivity contribution is 6.30. The van der Waals surface area contributed by atoms with Gasteiger partial charge in [0.2, 0.25) is 0 Å². The number of halogens is 1. The van der Waals surface area contributed by atoms with Gasteiger partial charge in [-0.1, -0.05) is 37.6 Å². The van der Waals surface area contributed by atoms with Gasteiger partial charge in [-0.3, -0.25) is 4.90 Å². The summed E-state index contributed by atoms with van der Waals surface area (Å²) in [7, 11) is 0. The Labute approximate surface area is 180 Å². The van der Waals surface area contributed by atoms with Crippen LogP contribution in [-0.2, 0) is 0 Å². The molecule has 2 aromatic carbocycles. The van der Waals surface area contributed by atoms with E-state index in [2.05, 4.69) is 55.7 Å². The molecule has 3 rings (SSSR count). The Bertz CT molecular complexity index is 817. The quantitative estimate of drug-likeness (QED) is 0.713. The molecule has 0 bridgehead atoms. The van der Waals surface area contributed by atoms with E-state index in [1.165, 1.54) is 22.4 Å². The lowest BCUT2D eigenvalue weighted by molar-refractivity contribution is 0.0663. The molecule has 2 aromatic rings. The van der Waals surface area contributed by atoms with Crippen LogP contribution in [0.5, 0.6) is 5.75 Å². The number of aryl methyl sites for hydroxylation is 2.